The average Bonchev–Trinajstić information content (AvgIpc) is 2.06. The van der Waals surface area contributed by atoms with Crippen LogP contribution in [0.25, 0.3) is 0 Å². The second-order valence-electron chi connectivity index (χ2n) is 3.14. The molecule has 0 unspecified atom stereocenters. The van der Waals surface area contributed by atoms with Gasteiger partial charge in [-0.05, 0) is 25.9 Å². The Morgan fingerprint density at radius 2 is 2.08 bits per heavy atom. The lowest BCUT2D eigenvalue weighted by molar-refractivity contribution is -0.143. The first kappa shape index (κ1) is 9.45. The van der Waals surface area contributed by atoms with Crippen molar-refractivity contribution in [1.82, 2.24) is 4.90 Å². The van der Waals surface area contributed by atoms with Crippen LogP contribution in [-0.2, 0) is 4.79 Å². The van der Waals surface area contributed by atoms with Crippen LogP contribution in [-0.4, -0.2) is 42.3 Å². The highest BCUT2D eigenvalue weighted by Gasteiger charge is 2.23. The van der Waals surface area contributed by atoms with Crippen molar-refractivity contribution in [3.05, 3.63) is 0 Å². The van der Waals surface area contributed by atoms with Crippen LogP contribution >= 0.6 is 0 Å². The van der Waals surface area contributed by atoms with Crippen LogP contribution in [0.2, 0.25) is 0 Å². The van der Waals surface area contributed by atoms with E-state index in [1.165, 1.54) is 0 Å². The number of piperidine rings is 1. The van der Waals surface area contributed by atoms with Crippen LogP contribution in [0, 0.1) is 5.92 Å². The molecule has 4 heteroatoms. The maximum atomic E-state index is 11.9. The summed E-state index contributed by atoms with van der Waals surface area (Å²) in [4.78, 5) is 12.5. The number of carboxylic acids is 1. The second kappa shape index (κ2) is 4.40. The summed E-state index contributed by atoms with van der Waals surface area (Å²) in [5.74, 6) is -0.921. The van der Waals surface area contributed by atoms with E-state index in [0.717, 1.165) is 13.1 Å². The molecule has 0 aliphatic carbocycles. The fourth-order valence-corrected chi connectivity index (χ4v) is 1.52. The van der Waals surface area contributed by atoms with Crippen molar-refractivity contribution in [3.63, 3.8) is 0 Å². The average molecular weight is 175 g/mol. The standard InChI is InChI=1S/C8H14FNO2/c9-3-6-10-4-1-7(2-5-10)8(11)12/h7H,1-6H2,(H,11,12). The van der Waals surface area contributed by atoms with Gasteiger partial charge in [0.2, 0.25) is 0 Å². The Balaban J connectivity index is 2.25. The van der Waals surface area contributed by atoms with E-state index in [4.69, 9.17) is 5.11 Å². The molecule has 0 aromatic heterocycles. The van der Waals surface area contributed by atoms with Gasteiger partial charge in [-0.1, -0.05) is 0 Å². The van der Waals surface area contributed by atoms with E-state index in [1.54, 1.807) is 0 Å². The first-order valence-electron chi connectivity index (χ1n) is 4.25. The number of nitrogens with zero attached hydrogens (tertiary/aromatic N) is 1. The molecule has 0 aromatic rings. The molecule has 1 fully saturated rings. The van der Waals surface area contributed by atoms with Crippen molar-refractivity contribution >= 4 is 5.97 Å². The molecule has 1 aliphatic rings. The van der Waals surface area contributed by atoms with Crippen LogP contribution in [0.4, 0.5) is 4.39 Å². The number of likely N-dealkylation sites (tertiary alicyclic amines) is 1. The molecule has 1 rings (SSSR count). The fraction of sp³-hybridized carbons (Fsp3) is 0.875. The first-order chi connectivity index (χ1) is 5.74. The quantitative estimate of drug-likeness (QED) is 0.688. The molecule has 1 heterocycles. The number of rotatable bonds is 3. The summed E-state index contributed by atoms with van der Waals surface area (Å²) in [6.45, 7) is 1.56. The Morgan fingerprint density at radius 1 is 1.50 bits per heavy atom. The summed E-state index contributed by atoms with van der Waals surface area (Å²) in [6, 6.07) is 0. The molecule has 1 N–H and O–H groups in total. The van der Waals surface area contributed by atoms with Gasteiger partial charge in [0.1, 0.15) is 6.67 Å². The van der Waals surface area contributed by atoms with Crippen LogP contribution in [0.5, 0.6) is 0 Å². The van der Waals surface area contributed by atoms with E-state index in [0.29, 0.717) is 19.4 Å². The summed E-state index contributed by atoms with van der Waals surface area (Å²) < 4.78 is 11.9. The van der Waals surface area contributed by atoms with Crippen molar-refractivity contribution in [2.45, 2.75) is 12.8 Å². The number of halogens is 1. The van der Waals surface area contributed by atoms with Crippen molar-refractivity contribution in [1.29, 1.82) is 0 Å². The van der Waals surface area contributed by atoms with Crippen molar-refractivity contribution in [2.75, 3.05) is 26.3 Å². The highest BCUT2D eigenvalue weighted by molar-refractivity contribution is 5.70. The van der Waals surface area contributed by atoms with E-state index in [2.05, 4.69) is 0 Å². The Hall–Kier alpha value is -0.640. The summed E-state index contributed by atoms with van der Waals surface area (Å²) in [6.07, 6.45) is 1.32. The van der Waals surface area contributed by atoms with Gasteiger partial charge in [-0.25, -0.2) is 4.39 Å². The molecule has 0 spiro atoms. The lowest BCUT2D eigenvalue weighted by Gasteiger charge is -2.28. The fourth-order valence-electron chi connectivity index (χ4n) is 1.52. The highest BCUT2D eigenvalue weighted by atomic mass is 19.1. The molecule has 70 valence electrons. The Kier molecular flexibility index (Phi) is 3.47. The van der Waals surface area contributed by atoms with Gasteiger partial charge in [0.25, 0.3) is 0 Å². The third-order valence-electron chi connectivity index (χ3n) is 2.34. The van der Waals surface area contributed by atoms with Gasteiger partial charge in [-0.3, -0.25) is 4.79 Å². The molecular formula is C8H14FNO2. The van der Waals surface area contributed by atoms with Gasteiger partial charge in [0.15, 0.2) is 0 Å². The summed E-state index contributed by atoms with van der Waals surface area (Å²) in [7, 11) is 0. The van der Waals surface area contributed by atoms with E-state index >= 15 is 0 Å². The number of aliphatic carboxylic acids is 1. The number of hydrogen-bond donors (Lipinski definition) is 1. The summed E-state index contributed by atoms with van der Waals surface area (Å²) in [5, 5.41) is 8.66. The van der Waals surface area contributed by atoms with Crippen molar-refractivity contribution in [2.24, 2.45) is 5.92 Å². The minimum absolute atomic E-state index is 0.208. The van der Waals surface area contributed by atoms with Gasteiger partial charge in [-0.15, -0.1) is 0 Å². The summed E-state index contributed by atoms with van der Waals surface area (Å²) in [5.41, 5.74) is 0. The summed E-state index contributed by atoms with van der Waals surface area (Å²) >= 11 is 0. The molecule has 0 atom stereocenters. The lowest BCUT2D eigenvalue weighted by atomic mass is 9.97. The van der Waals surface area contributed by atoms with E-state index in [-0.39, 0.29) is 12.6 Å². The minimum atomic E-state index is -0.713. The maximum absolute atomic E-state index is 11.9. The minimum Gasteiger partial charge on any atom is -0.481 e. The molecule has 0 bridgehead atoms. The van der Waals surface area contributed by atoms with Gasteiger partial charge in [0, 0.05) is 6.54 Å². The third-order valence-corrected chi connectivity index (χ3v) is 2.34. The predicted octanol–water partition coefficient (Wildman–Crippen LogP) is 0.752. The Bertz CT molecular complexity index is 155. The largest absolute Gasteiger partial charge is 0.481 e. The van der Waals surface area contributed by atoms with Gasteiger partial charge in [0.05, 0.1) is 5.92 Å². The van der Waals surface area contributed by atoms with Crippen LogP contribution in [0.3, 0.4) is 0 Å². The topological polar surface area (TPSA) is 40.5 Å². The number of hydrogen-bond acceptors (Lipinski definition) is 2. The smallest absolute Gasteiger partial charge is 0.306 e. The van der Waals surface area contributed by atoms with Crippen LogP contribution in [0.1, 0.15) is 12.8 Å². The van der Waals surface area contributed by atoms with E-state index in [1.807, 2.05) is 4.90 Å². The zero-order valence-corrected chi connectivity index (χ0v) is 7.00. The number of carboxylic acid groups (broad SMARTS) is 1. The molecule has 3 nitrogen and oxygen atoms in total. The first-order valence-corrected chi connectivity index (χ1v) is 4.25. The zero-order valence-electron chi connectivity index (χ0n) is 7.00. The SMILES string of the molecule is O=C(O)C1CCN(CCF)CC1. The molecule has 12 heavy (non-hydrogen) atoms. The Labute approximate surface area is 71.2 Å². The van der Waals surface area contributed by atoms with E-state index < -0.39 is 5.97 Å². The molecule has 1 saturated heterocycles. The molecule has 0 radical (unpaired) electrons. The maximum Gasteiger partial charge on any atom is 0.306 e. The molecule has 1 aliphatic heterocycles. The second-order valence-corrected chi connectivity index (χ2v) is 3.14. The van der Waals surface area contributed by atoms with Gasteiger partial charge >= 0.3 is 5.97 Å². The zero-order chi connectivity index (χ0) is 8.97. The number of carbonyl (C=O) groups is 1. The molecule has 0 saturated carbocycles. The Morgan fingerprint density at radius 3 is 2.50 bits per heavy atom. The van der Waals surface area contributed by atoms with E-state index in [9.17, 15) is 9.18 Å². The lowest BCUT2D eigenvalue weighted by Crippen LogP contribution is -2.37. The number of alkyl halides is 1. The van der Waals surface area contributed by atoms with Crippen molar-refractivity contribution < 1.29 is 14.3 Å². The normalized spacial score (nSPS) is 21.1. The van der Waals surface area contributed by atoms with Gasteiger partial charge in [-0.2, -0.15) is 0 Å². The predicted molar refractivity (Wildman–Crippen MR) is 42.8 cm³/mol. The monoisotopic (exact) mass is 175 g/mol. The van der Waals surface area contributed by atoms with Crippen LogP contribution < -0.4 is 0 Å². The molecule has 0 aromatic carbocycles. The van der Waals surface area contributed by atoms with Crippen molar-refractivity contribution in [3.8, 4) is 0 Å². The third kappa shape index (κ3) is 2.44. The molecular weight excluding hydrogens is 161 g/mol. The van der Waals surface area contributed by atoms with Gasteiger partial charge < -0.3 is 10.0 Å². The van der Waals surface area contributed by atoms with Crippen LogP contribution in [0.15, 0.2) is 0 Å². The highest BCUT2D eigenvalue weighted by Crippen LogP contribution is 2.16. The molecule has 0 amide bonds.